The fourth-order valence-electron chi connectivity index (χ4n) is 3.58. The van der Waals surface area contributed by atoms with E-state index in [2.05, 4.69) is 85.9 Å². The fourth-order valence-corrected chi connectivity index (χ4v) is 3.58. The van der Waals surface area contributed by atoms with Crippen molar-refractivity contribution in [2.45, 2.75) is 13.8 Å². The Hall–Kier alpha value is -2.88. The quantitative estimate of drug-likeness (QED) is 0.320. The summed E-state index contributed by atoms with van der Waals surface area (Å²) < 4.78 is 8.43. The molecular formula is C22H24N3O+. The molecule has 0 saturated carbocycles. The van der Waals surface area contributed by atoms with Gasteiger partial charge in [0.1, 0.15) is 25.3 Å². The second-order valence-electron chi connectivity index (χ2n) is 6.72. The van der Waals surface area contributed by atoms with Crippen LogP contribution in [0.15, 0.2) is 52.9 Å². The molecule has 1 aliphatic heterocycles. The highest BCUT2D eigenvalue weighted by atomic mass is 16.3. The summed E-state index contributed by atoms with van der Waals surface area (Å²) in [4.78, 5) is 7.24. The van der Waals surface area contributed by atoms with Gasteiger partial charge in [0.15, 0.2) is 11.3 Å². The number of hydrogen-bond donors (Lipinski definition) is 0. The molecule has 0 unspecified atom stereocenters. The third-order valence-electron chi connectivity index (χ3n) is 4.97. The van der Waals surface area contributed by atoms with Crippen molar-refractivity contribution in [2.24, 2.45) is 0 Å². The standard InChI is InChI=1S/C22H24N3O/c1-5-25(6-2)15-11-12-18-20(13-15)26-21-14-19(24(3)4)16-9-7-8-10-17(16)22(21)23-18/h7-14H,5-6H2,1-4H3/q+1. The lowest BCUT2D eigenvalue weighted by Crippen LogP contribution is -2.23. The van der Waals surface area contributed by atoms with Crippen LogP contribution in [0.2, 0.25) is 0 Å². The highest BCUT2D eigenvalue weighted by Crippen LogP contribution is 2.31. The average Bonchev–Trinajstić information content (AvgIpc) is 2.66. The van der Waals surface area contributed by atoms with Crippen LogP contribution in [0.25, 0.3) is 33.3 Å². The minimum Gasteiger partial charge on any atom is -0.452 e. The zero-order valence-corrected chi connectivity index (χ0v) is 15.8. The van der Waals surface area contributed by atoms with Crippen LogP contribution in [-0.4, -0.2) is 32.2 Å². The molecule has 132 valence electrons. The van der Waals surface area contributed by atoms with Crippen molar-refractivity contribution in [3.05, 3.63) is 53.9 Å². The number of aromatic nitrogens is 1. The Labute approximate surface area is 153 Å². The van der Waals surface area contributed by atoms with E-state index in [4.69, 9.17) is 9.40 Å². The van der Waals surface area contributed by atoms with E-state index in [1.807, 2.05) is 0 Å². The number of rotatable bonds is 3. The molecule has 0 N–H and O–H groups in total. The van der Waals surface area contributed by atoms with Crippen LogP contribution in [0, 0.1) is 0 Å². The van der Waals surface area contributed by atoms with Crippen molar-refractivity contribution in [3.63, 3.8) is 0 Å². The highest BCUT2D eigenvalue weighted by molar-refractivity contribution is 5.96. The molecule has 0 fully saturated rings. The first-order valence-corrected chi connectivity index (χ1v) is 9.14. The predicted octanol–water partition coefficient (Wildman–Crippen LogP) is 3.96. The molecule has 1 heterocycles. The number of fused-ring (bicyclic) bond motifs is 4. The third-order valence-corrected chi connectivity index (χ3v) is 4.97. The summed E-state index contributed by atoms with van der Waals surface area (Å²) in [5.41, 5.74) is 3.79. The van der Waals surface area contributed by atoms with Gasteiger partial charge in [0.05, 0.1) is 11.5 Å². The van der Waals surface area contributed by atoms with Gasteiger partial charge in [-0.25, -0.2) is 9.56 Å². The monoisotopic (exact) mass is 346 g/mol. The van der Waals surface area contributed by atoms with E-state index in [1.165, 1.54) is 11.1 Å². The molecule has 4 heteroatoms. The zero-order valence-electron chi connectivity index (χ0n) is 15.8. The highest BCUT2D eigenvalue weighted by Gasteiger charge is 2.17. The molecule has 1 aliphatic carbocycles. The second-order valence-corrected chi connectivity index (χ2v) is 6.72. The first-order chi connectivity index (χ1) is 12.6. The Balaban J connectivity index is 2.07. The molecule has 0 amide bonds. The molecule has 26 heavy (non-hydrogen) atoms. The molecule has 0 radical (unpaired) electrons. The van der Waals surface area contributed by atoms with Gasteiger partial charge in [0.2, 0.25) is 5.36 Å². The molecule has 0 saturated heterocycles. The maximum Gasteiger partial charge on any atom is 0.211 e. The molecule has 0 spiro atoms. The van der Waals surface area contributed by atoms with Gasteiger partial charge in [-0.1, -0.05) is 18.2 Å². The predicted molar refractivity (Wildman–Crippen MR) is 109 cm³/mol. The first kappa shape index (κ1) is 16.6. The third kappa shape index (κ3) is 2.62. The SMILES string of the molecule is CCN(CC)c1ccc2nc3c4ccccc4c(=[N+](C)C)cc-3oc2c1. The van der Waals surface area contributed by atoms with E-state index in [9.17, 15) is 0 Å². The number of benzene rings is 3. The summed E-state index contributed by atoms with van der Waals surface area (Å²) >= 11 is 0. The molecule has 2 aliphatic rings. The van der Waals surface area contributed by atoms with Crippen molar-refractivity contribution in [2.75, 3.05) is 32.1 Å². The largest absolute Gasteiger partial charge is 0.452 e. The summed E-state index contributed by atoms with van der Waals surface area (Å²) in [6.45, 7) is 6.27. The number of nitrogens with zero attached hydrogens (tertiary/aromatic N) is 3. The van der Waals surface area contributed by atoms with Crippen LogP contribution in [0.4, 0.5) is 5.69 Å². The van der Waals surface area contributed by atoms with Crippen LogP contribution >= 0.6 is 0 Å². The summed E-state index contributed by atoms with van der Waals surface area (Å²) in [5.74, 6) is 0.816. The number of hydrogen-bond acceptors (Lipinski definition) is 3. The molecular weight excluding hydrogens is 322 g/mol. The van der Waals surface area contributed by atoms with Crippen LogP contribution in [0.3, 0.4) is 0 Å². The lowest BCUT2D eigenvalue weighted by Gasteiger charge is -2.21. The van der Waals surface area contributed by atoms with E-state index in [0.29, 0.717) is 0 Å². The molecule has 0 aromatic heterocycles. The van der Waals surface area contributed by atoms with Gasteiger partial charge >= 0.3 is 0 Å². The Kier molecular flexibility index (Phi) is 4.11. The summed E-state index contributed by atoms with van der Waals surface area (Å²) in [6.07, 6.45) is 0. The topological polar surface area (TPSA) is 32.3 Å². The van der Waals surface area contributed by atoms with Crippen LogP contribution in [0.5, 0.6) is 0 Å². The van der Waals surface area contributed by atoms with Crippen LogP contribution in [-0.2, 0) is 0 Å². The van der Waals surface area contributed by atoms with Crippen LogP contribution in [0.1, 0.15) is 13.8 Å². The van der Waals surface area contributed by atoms with Gasteiger partial charge in [-0.3, -0.25) is 0 Å². The lowest BCUT2D eigenvalue weighted by molar-refractivity contribution is 0.612. The van der Waals surface area contributed by atoms with Crippen molar-refractivity contribution >= 4 is 27.6 Å². The Morgan fingerprint density at radius 2 is 1.69 bits per heavy atom. The van der Waals surface area contributed by atoms with E-state index < -0.39 is 0 Å². The van der Waals surface area contributed by atoms with Crippen molar-refractivity contribution in [1.29, 1.82) is 0 Å². The maximum atomic E-state index is 6.31. The van der Waals surface area contributed by atoms with Gasteiger partial charge in [0, 0.05) is 30.2 Å². The van der Waals surface area contributed by atoms with Gasteiger partial charge in [-0.15, -0.1) is 0 Å². The molecule has 2 aromatic carbocycles. The molecule has 0 bridgehead atoms. The van der Waals surface area contributed by atoms with Crippen molar-refractivity contribution < 1.29 is 4.42 Å². The zero-order chi connectivity index (χ0) is 18.3. The fraction of sp³-hybridized carbons (Fsp3) is 0.273. The van der Waals surface area contributed by atoms with E-state index >= 15 is 0 Å². The molecule has 4 rings (SSSR count). The van der Waals surface area contributed by atoms with Crippen molar-refractivity contribution in [3.8, 4) is 11.5 Å². The normalized spacial score (nSPS) is 11.4. The smallest absolute Gasteiger partial charge is 0.211 e. The maximum absolute atomic E-state index is 6.31. The number of anilines is 1. The van der Waals surface area contributed by atoms with Gasteiger partial charge in [-0.2, -0.15) is 0 Å². The van der Waals surface area contributed by atoms with Gasteiger partial charge < -0.3 is 9.32 Å². The molecule has 2 aromatic rings. The van der Waals surface area contributed by atoms with Gasteiger partial charge in [0.25, 0.3) is 0 Å². The van der Waals surface area contributed by atoms with E-state index in [1.54, 1.807) is 0 Å². The summed E-state index contributed by atoms with van der Waals surface area (Å²) in [7, 11) is 4.11. The summed E-state index contributed by atoms with van der Waals surface area (Å²) in [5, 5.41) is 3.44. The average molecular weight is 346 g/mol. The summed E-state index contributed by atoms with van der Waals surface area (Å²) in [6, 6.07) is 16.7. The van der Waals surface area contributed by atoms with Crippen LogP contribution < -0.4 is 14.8 Å². The lowest BCUT2D eigenvalue weighted by atomic mass is 10.0. The van der Waals surface area contributed by atoms with E-state index in [0.717, 1.165) is 46.4 Å². The van der Waals surface area contributed by atoms with Crippen molar-refractivity contribution in [1.82, 2.24) is 9.56 Å². The molecule has 4 nitrogen and oxygen atoms in total. The molecule has 0 atom stereocenters. The minimum absolute atomic E-state index is 0.816. The first-order valence-electron chi connectivity index (χ1n) is 9.14. The van der Waals surface area contributed by atoms with Gasteiger partial charge in [-0.05, 0) is 32.0 Å². The Morgan fingerprint density at radius 3 is 2.38 bits per heavy atom. The Bertz CT molecular complexity index is 1140. The minimum atomic E-state index is 0.816. The second kappa shape index (κ2) is 6.45. The van der Waals surface area contributed by atoms with E-state index in [-0.39, 0.29) is 0 Å². The Morgan fingerprint density at radius 1 is 0.962 bits per heavy atom.